The molecule has 94 valence electrons. The monoisotopic (exact) mass is 237 g/mol. The second kappa shape index (κ2) is 6.83. The van der Waals surface area contributed by atoms with Crippen molar-refractivity contribution >= 4 is 11.5 Å². The van der Waals surface area contributed by atoms with Gasteiger partial charge in [0.05, 0.1) is 4.92 Å². The summed E-state index contributed by atoms with van der Waals surface area (Å²) >= 11 is 0. The van der Waals surface area contributed by atoms with Crippen molar-refractivity contribution in [2.24, 2.45) is 5.92 Å². The lowest BCUT2D eigenvalue weighted by Gasteiger charge is -2.06. The molecule has 0 fully saturated rings. The van der Waals surface area contributed by atoms with Gasteiger partial charge in [-0.3, -0.25) is 10.1 Å². The molecule has 17 heavy (non-hydrogen) atoms. The molecule has 0 aliphatic rings. The van der Waals surface area contributed by atoms with Crippen LogP contribution in [-0.2, 0) is 0 Å². The van der Waals surface area contributed by atoms with Gasteiger partial charge in [0.15, 0.2) is 0 Å². The zero-order chi connectivity index (χ0) is 12.7. The number of unbranched alkanes of at least 4 members (excludes halogenated alkanes) is 1. The number of pyridine rings is 1. The van der Waals surface area contributed by atoms with Crippen molar-refractivity contribution in [2.45, 2.75) is 33.1 Å². The van der Waals surface area contributed by atoms with Crippen molar-refractivity contribution < 1.29 is 4.92 Å². The zero-order valence-corrected chi connectivity index (χ0v) is 10.3. The molecule has 1 heterocycles. The van der Waals surface area contributed by atoms with Crippen LogP contribution >= 0.6 is 0 Å². The van der Waals surface area contributed by atoms with Crippen LogP contribution in [0.25, 0.3) is 0 Å². The average molecular weight is 237 g/mol. The molecule has 1 aromatic rings. The van der Waals surface area contributed by atoms with Gasteiger partial charge in [0.2, 0.25) is 0 Å². The van der Waals surface area contributed by atoms with Gasteiger partial charge in [-0.1, -0.05) is 26.7 Å². The standard InChI is InChI=1S/C12H19N3O2/c1-10(2)5-3-4-8-13-12-7-6-11(9-14-12)15(16)17/h6-7,9-10H,3-5,8H2,1-2H3,(H,13,14). The summed E-state index contributed by atoms with van der Waals surface area (Å²) in [6.45, 7) is 5.29. The maximum Gasteiger partial charge on any atom is 0.287 e. The molecule has 5 nitrogen and oxygen atoms in total. The number of rotatable bonds is 7. The van der Waals surface area contributed by atoms with E-state index in [1.807, 2.05) is 0 Å². The van der Waals surface area contributed by atoms with Gasteiger partial charge < -0.3 is 5.32 Å². The van der Waals surface area contributed by atoms with Crippen molar-refractivity contribution in [1.82, 2.24) is 4.98 Å². The van der Waals surface area contributed by atoms with Crippen LogP contribution in [0.15, 0.2) is 18.3 Å². The minimum Gasteiger partial charge on any atom is -0.370 e. The SMILES string of the molecule is CC(C)CCCCNc1ccc([N+](=O)[O-])cn1. The van der Waals surface area contributed by atoms with E-state index in [4.69, 9.17) is 0 Å². The molecule has 0 bridgehead atoms. The maximum atomic E-state index is 10.4. The fourth-order valence-corrected chi connectivity index (χ4v) is 1.49. The van der Waals surface area contributed by atoms with Crippen molar-refractivity contribution in [3.63, 3.8) is 0 Å². The highest BCUT2D eigenvalue weighted by molar-refractivity contribution is 5.39. The van der Waals surface area contributed by atoms with E-state index in [9.17, 15) is 10.1 Å². The quantitative estimate of drug-likeness (QED) is 0.449. The predicted molar refractivity (Wildman–Crippen MR) is 68.1 cm³/mol. The van der Waals surface area contributed by atoms with Crippen LogP contribution in [0.4, 0.5) is 11.5 Å². The molecule has 0 aliphatic carbocycles. The average Bonchev–Trinajstić information content (AvgIpc) is 2.29. The summed E-state index contributed by atoms with van der Waals surface area (Å²) < 4.78 is 0. The van der Waals surface area contributed by atoms with Crippen molar-refractivity contribution in [1.29, 1.82) is 0 Å². The van der Waals surface area contributed by atoms with E-state index in [0.29, 0.717) is 5.82 Å². The van der Waals surface area contributed by atoms with Crippen molar-refractivity contribution in [3.8, 4) is 0 Å². The molecule has 0 saturated heterocycles. The first-order valence-electron chi connectivity index (χ1n) is 5.94. The number of hydrogen-bond acceptors (Lipinski definition) is 4. The fourth-order valence-electron chi connectivity index (χ4n) is 1.49. The zero-order valence-electron chi connectivity index (χ0n) is 10.3. The second-order valence-corrected chi connectivity index (χ2v) is 4.48. The van der Waals surface area contributed by atoms with E-state index in [-0.39, 0.29) is 5.69 Å². The highest BCUT2D eigenvalue weighted by atomic mass is 16.6. The minimum absolute atomic E-state index is 0.0235. The minimum atomic E-state index is -0.445. The van der Waals surface area contributed by atoms with Crippen LogP contribution in [0.1, 0.15) is 33.1 Å². The molecule has 1 aromatic heterocycles. The number of nitrogens with zero attached hydrogens (tertiary/aromatic N) is 2. The van der Waals surface area contributed by atoms with Gasteiger partial charge in [0.25, 0.3) is 5.69 Å². The van der Waals surface area contributed by atoms with Crippen LogP contribution in [-0.4, -0.2) is 16.5 Å². The van der Waals surface area contributed by atoms with Gasteiger partial charge >= 0.3 is 0 Å². The van der Waals surface area contributed by atoms with Gasteiger partial charge in [-0.15, -0.1) is 0 Å². The molecule has 0 aromatic carbocycles. The molecular weight excluding hydrogens is 218 g/mol. The third kappa shape index (κ3) is 5.29. The summed E-state index contributed by atoms with van der Waals surface area (Å²) in [5.41, 5.74) is 0.0235. The molecule has 0 amide bonds. The summed E-state index contributed by atoms with van der Waals surface area (Å²) in [4.78, 5) is 14.0. The van der Waals surface area contributed by atoms with Crippen LogP contribution in [0.3, 0.4) is 0 Å². The van der Waals surface area contributed by atoms with Crippen LogP contribution in [0.2, 0.25) is 0 Å². The van der Waals surface area contributed by atoms with Crippen LogP contribution in [0.5, 0.6) is 0 Å². The number of hydrogen-bond donors (Lipinski definition) is 1. The molecule has 0 atom stereocenters. The summed E-state index contributed by atoms with van der Waals surface area (Å²) in [5, 5.41) is 13.6. The highest BCUT2D eigenvalue weighted by Crippen LogP contribution is 2.12. The molecule has 1 N–H and O–H groups in total. The van der Waals surface area contributed by atoms with Crippen LogP contribution in [0, 0.1) is 16.0 Å². The maximum absolute atomic E-state index is 10.4. The molecular formula is C12H19N3O2. The molecule has 0 radical (unpaired) electrons. The Hall–Kier alpha value is -1.65. The first-order valence-corrected chi connectivity index (χ1v) is 5.94. The summed E-state index contributed by atoms with van der Waals surface area (Å²) in [5.74, 6) is 1.44. The summed E-state index contributed by atoms with van der Waals surface area (Å²) in [6.07, 6.45) is 4.79. The lowest BCUT2D eigenvalue weighted by atomic mass is 10.1. The number of nitrogens with one attached hydrogen (secondary N) is 1. The van der Waals surface area contributed by atoms with Crippen molar-refractivity contribution in [2.75, 3.05) is 11.9 Å². The largest absolute Gasteiger partial charge is 0.370 e. The van der Waals surface area contributed by atoms with Crippen LogP contribution < -0.4 is 5.32 Å². The van der Waals surface area contributed by atoms with E-state index in [1.54, 1.807) is 6.07 Å². The Morgan fingerprint density at radius 1 is 1.41 bits per heavy atom. The van der Waals surface area contributed by atoms with E-state index >= 15 is 0 Å². The smallest absolute Gasteiger partial charge is 0.287 e. The fraction of sp³-hybridized carbons (Fsp3) is 0.583. The molecule has 5 heteroatoms. The molecule has 0 unspecified atom stereocenters. The Bertz CT molecular complexity index is 349. The lowest BCUT2D eigenvalue weighted by Crippen LogP contribution is -2.03. The lowest BCUT2D eigenvalue weighted by molar-refractivity contribution is -0.385. The normalized spacial score (nSPS) is 10.5. The Labute approximate surface area is 101 Å². The first kappa shape index (κ1) is 13.4. The predicted octanol–water partition coefficient (Wildman–Crippen LogP) is 3.23. The van der Waals surface area contributed by atoms with Gasteiger partial charge in [0.1, 0.15) is 12.0 Å². The number of anilines is 1. The third-order valence-electron chi connectivity index (χ3n) is 2.47. The van der Waals surface area contributed by atoms with E-state index < -0.39 is 4.92 Å². The Morgan fingerprint density at radius 3 is 2.71 bits per heavy atom. The van der Waals surface area contributed by atoms with E-state index in [2.05, 4.69) is 24.1 Å². The van der Waals surface area contributed by atoms with Gasteiger partial charge in [0, 0.05) is 12.6 Å². The van der Waals surface area contributed by atoms with E-state index in [1.165, 1.54) is 25.1 Å². The number of aromatic nitrogens is 1. The number of nitro groups is 1. The van der Waals surface area contributed by atoms with E-state index in [0.717, 1.165) is 18.9 Å². The molecule has 0 aliphatic heterocycles. The second-order valence-electron chi connectivity index (χ2n) is 4.48. The Kier molecular flexibility index (Phi) is 5.39. The van der Waals surface area contributed by atoms with Gasteiger partial charge in [-0.05, 0) is 18.4 Å². The molecule has 1 rings (SSSR count). The summed E-state index contributed by atoms with van der Waals surface area (Å²) in [6, 6.07) is 3.10. The highest BCUT2D eigenvalue weighted by Gasteiger charge is 2.04. The Morgan fingerprint density at radius 2 is 2.18 bits per heavy atom. The summed E-state index contributed by atoms with van der Waals surface area (Å²) in [7, 11) is 0. The molecule has 0 spiro atoms. The Balaban J connectivity index is 2.25. The van der Waals surface area contributed by atoms with Crippen molar-refractivity contribution in [3.05, 3.63) is 28.4 Å². The topological polar surface area (TPSA) is 68.1 Å². The van der Waals surface area contributed by atoms with Gasteiger partial charge in [-0.25, -0.2) is 4.98 Å². The first-order chi connectivity index (χ1) is 8.09. The van der Waals surface area contributed by atoms with Gasteiger partial charge in [-0.2, -0.15) is 0 Å². The molecule has 0 saturated carbocycles. The third-order valence-corrected chi connectivity index (χ3v) is 2.47.